The zero-order valence-corrected chi connectivity index (χ0v) is 25.3. The third kappa shape index (κ3) is 9.28. The Balaban J connectivity index is 1.52. The Morgan fingerprint density at radius 3 is 2.40 bits per heavy atom. The molecule has 0 aliphatic rings. The molecule has 10 nitrogen and oxygen atoms in total. The number of amides is 2. The summed E-state index contributed by atoms with van der Waals surface area (Å²) in [6.45, 7) is 4.65. The van der Waals surface area contributed by atoms with E-state index in [-0.39, 0.29) is 41.1 Å². The summed E-state index contributed by atoms with van der Waals surface area (Å²) in [5, 5.41) is 3.18. The van der Waals surface area contributed by atoms with Crippen LogP contribution < -0.4 is 14.8 Å². The van der Waals surface area contributed by atoms with Crippen LogP contribution in [-0.4, -0.2) is 51.4 Å². The van der Waals surface area contributed by atoms with Crippen LogP contribution in [0.15, 0.2) is 65.7 Å². The van der Waals surface area contributed by atoms with Gasteiger partial charge in [-0.05, 0) is 66.8 Å². The molecule has 3 aromatic rings. The molecule has 0 aliphatic heterocycles. The average molecular weight is 616 g/mol. The van der Waals surface area contributed by atoms with Crippen molar-refractivity contribution in [3.63, 3.8) is 0 Å². The summed E-state index contributed by atoms with van der Waals surface area (Å²) < 4.78 is 38.0. The number of hydrogen-bond acceptors (Lipinski definition) is 8. The first-order chi connectivity index (χ1) is 20.0. The molecule has 12 heteroatoms. The predicted molar refractivity (Wildman–Crippen MR) is 158 cm³/mol. The molecule has 0 saturated heterocycles. The van der Waals surface area contributed by atoms with Crippen molar-refractivity contribution in [3.8, 4) is 5.75 Å². The summed E-state index contributed by atoms with van der Waals surface area (Å²) in [7, 11) is -2.71. The fourth-order valence-electron chi connectivity index (χ4n) is 3.93. The molecular formula is C30H34ClN3O7S. The highest BCUT2D eigenvalue weighted by molar-refractivity contribution is 7.90. The van der Waals surface area contributed by atoms with Gasteiger partial charge in [0, 0.05) is 17.8 Å². The van der Waals surface area contributed by atoms with Crippen LogP contribution in [0.4, 0.5) is 0 Å². The molecule has 2 N–H and O–H groups in total. The van der Waals surface area contributed by atoms with Crippen LogP contribution in [0.1, 0.15) is 69.9 Å². The summed E-state index contributed by atoms with van der Waals surface area (Å²) in [6, 6.07) is 13.3. The van der Waals surface area contributed by atoms with Crippen molar-refractivity contribution in [2.75, 3.05) is 20.3 Å². The SMILES string of the molecule is CCCCC(C)COC(=O)c1ccc(C(=O)NS(=O)(=O)c2ccc(CCNC(=O)c3cc(Cl)ccc3OC)cc2)cn1. The lowest BCUT2D eigenvalue weighted by atomic mass is 10.1. The Hall–Kier alpha value is -3.96. The van der Waals surface area contributed by atoms with E-state index in [0.717, 1.165) is 31.0 Å². The Bertz CT molecular complexity index is 1490. The number of nitrogens with zero attached hydrogens (tertiary/aromatic N) is 1. The number of sulfonamides is 1. The van der Waals surface area contributed by atoms with Crippen molar-refractivity contribution in [2.24, 2.45) is 5.92 Å². The van der Waals surface area contributed by atoms with E-state index in [0.29, 0.717) is 22.8 Å². The van der Waals surface area contributed by atoms with E-state index in [9.17, 15) is 22.8 Å². The second-order valence-electron chi connectivity index (χ2n) is 9.71. The van der Waals surface area contributed by atoms with Crippen LogP contribution in [0, 0.1) is 5.92 Å². The quantitative estimate of drug-likeness (QED) is 0.246. The molecule has 224 valence electrons. The average Bonchev–Trinajstić information content (AvgIpc) is 2.98. The summed E-state index contributed by atoms with van der Waals surface area (Å²) in [4.78, 5) is 41.2. The largest absolute Gasteiger partial charge is 0.496 e. The first kappa shape index (κ1) is 32.6. The molecule has 3 rings (SSSR count). The van der Waals surface area contributed by atoms with Gasteiger partial charge in [-0.3, -0.25) is 9.59 Å². The first-order valence-corrected chi connectivity index (χ1v) is 15.3. The van der Waals surface area contributed by atoms with Crippen LogP contribution in [-0.2, 0) is 21.2 Å². The Labute approximate surface area is 250 Å². The molecule has 0 spiro atoms. The lowest BCUT2D eigenvalue weighted by Crippen LogP contribution is -2.30. The number of carbonyl (C=O) groups excluding carboxylic acids is 3. The minimum atomic E-state index is -4.17. The molecule has 0 fully saturated rings. The zero-order valence-electron chi connectivity index (χ0n) is 23.7. The van der Waals surface area contributed by atoms with Crippen molar-refractivity contribution in [1.29, 1.82) is 0 Å². The number of pyridine rings is 1. The van der Waals surface area contributed by atoms with E-state index in [2.05, 4.69) is 17.2 Å². The van der Waals surface area contributed by atoms with Crippen LogP contribution in [0.3, 0.4) is 0 Å². The van der Waals surface area contributed by atoms with Gasteiger partial charge in [0.2, 0.25) is 0 Å². The van der Waals surface area contributed by atoms with Gasteiger partial charge in [0.05, 0.1) is 29.7 Å². The van der Waals surface area contributed by atoms with Crippen LogP contribution in [0.25, 0.3) is 0 Å². The van der Waals surface area contributed by atoms with Gasteiger partial charge in [-0.2, -0.15) is 0 Å². The molecule has 0 bridgehead atoms. The standard InChI is InChI=1S/C30H34ClN3O7S/c1-4-5-6-20(2)19-41-30(37)26-13-9-22(18-33-26)28(35)34-42(38,39)24-11-7-21(8-12-24)15-16-32-29(36)25-17-23(31)10-14-27(25)40-3/h7-14,17-18,20H,4-6,15-16,19H2,1-3H3,(H,32,36)(H,34,35). The molecule has 0 radical (unpaired) electrons. The van der Waals surface area contributed by atoms with Crippen molar-refractivity contribution in [1.82, 2.24) is 15.0 Å². The second kappa shape index (κ2) is 15.3. The molecule has 1 unspecified atom stereocenters. The molecule has 0 saturated carbocycles. The highest BCUT2D eigenvalue weighted by Gasteiger charge is 2.20. The van der Waals surface area contributed by atoms with Gasteiger partial charge in [0.15, 0.2) is 0 Å². The van der Waals surface area contributed by atoms with E-state index >= 15 is 0 Å². The third-order valence-corrected chi connectivity index (χ3v) is 7.93. The Morgan fingerprint density at radius 2 is 1.76 bits per heavy atom. The number of nitrogens with one attached hydrogen (secondary N) is 2. The summed E-state index contributed by atoms with van der Waals surface area (Å²) >= 11 is 5.98. The van der Waals surface area contributed by atoms with Crippen molar-refractivity contribution >= 4 is 39.4 Å². The molecule has 2 amide bonds. The van der Waals surface area contributed by atoms with Crippen LogP contribution >= 0.6 is 11.6 Å². The maximum absolute atomic E-state index is 12.8. The number of rotatable bonds is 14. The van der Waals surface area contributed by atoms with Gasteiger partial charge in [0.1, 0.15) is 11.4 Å². The van der Waals surface area contributed by atoms with Crippen LogP contribution in [0.2, 0.25) is 5.02 Å². The minimum absolute atomic E-state index is 0.0237. The molecule has 42 heavy (non-hydrogen) atoms. The van der Waals surface area contributed by atoms with Crippen molar-refractivity contribution in [2.45, 2.75) is 44.4 Å². The lowest BCUT2D eigenvalue weighted by Gasteiger charge is -2.11. The lowest BCUT2D eigenvalue weighted by molar-refractivity contribution is 0.0435. The van der Waals surface area contributed by atoms with E-state index in [4.69, 9.17) is 21.1 Å². The summed E-state index contributed by atoms with van der Waals surface area (Å²) in [5.74, 6) is -1.23. The van der Waals surface area contributed by atoms with Crippen molar-refractivity contribution in [3.05, 3.63) is 88.2 Å². The molecule has 2 aromatic carbocycles. The fraction of sp³-hybridized carbons (Fsp3) is 0.333. The third-order valence-electron chi connectivity index (χ3n) is 6.35. The monoisotopic (exact) mass is 615 g/mol. The molecular weight excluding hydrogens is 582 g/mol. The number of methoxy groups -OCH3 is 1. The zero-order chi connectivity index (χ0) is 30.7. The number of ether oxygens (including phenoxy) is 2. The summed E-state index contributed by atoms with van der Waals surface area (Å²) in [6.07, 6.45) is 4.62. The number of halogens is 1. The number of benzene rings is 2. The van der Waals surface area contributed by atoms with E-state index < -0.39 is 21.9 Å². The van der Waals surface area contributed by atoms with Gasteiger partial charge >= 0.3 is 5.97 Å². The second-order valence-corrected chi connectivity index (χ2v) is 11.8. The van der Waals surface area contributed by atoms with Crippen LogP contribution in [0.5, 0.6) is 5.75 Å². The smallest absolute Gasteiger partial charge is 0.356 e. The highest BCUT2D eigenvalue weighted by atomic mass is 35.5. The Kier molecular flexibility index (Phi) is 11.9. The molecule has 0 aliphatic carbocycles. The normalized spacial score (nSPS) is 11.8. The van der Waals surface area contributed by atoms with E-state index in [1.807, 2.05) is 11.6 Å². The van der Waals surface area contributed by atoms with Gasteiger partial charge in [-0.15, -0.1) is 0 Å². The fourth-order valence-corrected chi connectivity index (χ4v) is 5.07. The minimum Gasteiger partial charge on any atom is -0.496 e. The number of carbonyl (C=O) groups is 3. The Morgan fingerprint density at radius 1 is 1.02 bits per heavy atom. The summed E-state index contributed by atoms with van der Waals surface area (Å²) in [5.41, 5.74) is 1.06. The molecule has 1 aromatic heterocycles. The number of unbranched alkanes of at least 4 members (excludes halogenated alkanes) is 1. The predicted octanol–water partition coefficient (Wildman–Crippen LogP) is 4.82. The van der Waals surface area contributed by atoms with Gasteiger partial charge in [0.25, 0.3) is 21.8 Å². The van der Waals surface area contributed by atoms with Gasteiger partial charge in [-0.25, -0.2) is 22.9 Å². The van der Waals surface area contributed by atoms with Gasteiger partial charge < -0.3 is 14.8 Å². The molecule has 1 atom stereocenters. The van der Waals surface area contributed by atoms with E-state index in [1.54, 1.807) is 24.3 Å². The maximum atomic E-state index is 12.8. The first-order valence-electron chi connectivity index (χ1n) is 13.4. The van der Waals surface area contributed by atoms with Crippen molar-refractivity contribution < 1.29 is 32.3 Å². The molecule has 1 heterocycles. The maximum Gasteiger partial charge on any atom is 0.356 e. The number of hydrogen-bond donors (Lipinski definition) is 2. The van der Waals surface area contributed by atoms with E-state index in [1.165, 1.54) is 37.4 Å². The number of aromatic nitrogens is 1. The number of esters is 1. The van der Waals surface area contributed by atoms with Gasteiger partial charge in [-0.1, -0.05) is 50.4 Å². The highest BCUT2D eigenvalue weighted by Crippen LogP contribution is 2.22. The topological polar surface area (TPSA) is 141 Å².